The monoisotopic (exact) mass is 388 g/mol. The van der Waals surface area contributed by atoms with Crippen molar-refractivity contribution in [3.05, 3.63) is 72.3 Å². The lowest BCUT2D eigenvalue weighted by Gasteiger charge is -2.08. The Kier molecular flexibility index (Phi) is 4.98. The van der Waals surface area contributed by atoms with Gasteiger partial charge in [0.25, 0.3) is 11.8 Å². The highest BCUT2D eigenvalue weighted by molar-refractivity contribution is 6.08. The lowest BCUT2D eigenvalue weighted by molar-refractivity contribution is -0.134. The summed E-state index contributed by atoms with van der Waals surface area (Å²) in [6.45, 7) is 1.68. The van der Waals surface area contributed by atoms with Gasteiger partial charge in [0.15, 0.2) is 5.82 Å². The molecule has 0 unspecified atom stereocenters. The number of benzene rings is 2. The van der Waals surface area contributed by atoms with Crippen molar-refractivity contribution >= 4 is 22.8 Å². The lowest BCUT2D eigenvalue weighted by atomic mass is 10.1. The van der Waals surface area contributed by atoms with Crippen molar-refractivity contribution in [3.63, 3.8) is 0 Å². The van der Waals surface area contributed by atoms with Crippen molar-refractivity contribution in [1.82, 2.24) is 19.9 Å². The Hall–Kier alpha value is -4.07. The summed E-state index contributed by atoms with van der Waals surface area (Å²) in [6.07, 6.45) is 3.03. The average molecular weight is 388 g/mol. The Bertz CT molecular complexity index is 1150. The molecule has 8 heteroatoms. The van der Waals surface area contributed by atoms with E-state index in [-0.39, 0.29) is 29.8 Å². The number of hydrogen-bond donors (Lipinski definition) is 1. The lowest BCUT2D eigenvalue weighted by Crippen LogP contribution is -2.08. The van der Waals surface area contributed by atoms with Crippen molar-refractivity contribution < 1.29 is 19.1 Å². The van der Waals surface area contributed by atoms with Gasteiger partial charge in [-0.25, -0.2) is 15.0 Å². The Morgan fingerprint density at radius 3 is 2.41 bits per heavy atom. The summed E-state index contributed by atoms with van der Waals surface area (Å²) in [7, 11) is 0. The van der Waals surface area contributed by atoms with Gasteiger partial charge >= 0.3 is 5.97 Å². The standard InChI is InChI=1S/C21H16N4O4/c1-2-17(26)29-21-20(22-11-12-23-21)28-14-9-7-13(8-10-14)18(27)19-24-15-5-3-4-6-16(15)25-19/h3-12H,2H2,1H3,(H,24,25). The zero-order chi connectivity index (χ0) is 20.2. The van der Waals surface area contributed by atoms with Gasteiger partial charge in [-0.05, 0) is 36.4 Å². The molecule has 29 heavy (non-hydrogen) atoms. The van der Waals surface area contributed by atoms with E-state index in [9.17, 15) is 9.59 Å². The molecule has 2 heterocycles. The van der Waals surface area contributed by atoms with E-state index < -0.39 is 5.97 Å². The van der Waals surface area contributed by atoms with Gasteiger partial charge in [-0.1, -0.05) is 19.1 Å². The number of imidazole rings is 1. The first kappa shape index (κ1) is 18.3. The van der Waals surface area contributed by atoms with Gasteiger partial charge in [0.2, 0.25) is 5.78 Å². The molecular weight excluding hydrogens is 372 g/mol. The number of fused-ring (bicyclic) bond motifs is 1. The van der Waals surface area contributed by atoms with E-state index in [1.807, 2.05) is 24.3 Å². The molecular formula is C21H16N4O4. The zero-order valence-electron chi connectivity index (χ0n) is 15.5. The number of ether oxygens (including phenoxy) is 2. The third kappa shape index (κ3) is 3.96. The summed E-state index contributed by atoms with van der Waals surface area (Å²) in [5, 5.41) is 0. The van der Waals surface area contributed by atoms with Crippen LogP contribution in [-0.4, -0.2) is 31.7 Å². The number of aromatic amines is 1. The number of hydrogen-bond acceptors (Lipinski definition) is 7. The molecule has 1 N–H and O–H groups in total. The summed E-state index contributed by atoms with van der Waals surface area (Å²) in [4.78, 5) is 39.6. The number of nitrogens with zero attached hydrogens (tertiary/aromatic N) is 3. The minimum absolute atomic E-state index is 0.0122. The third-order valence-electron chi connectivity index (χ3n) is 4.07. The molecule has 0 aliphatic heterocycles. The third-order valence-corrected chi connectivity index (χ3v) is 4.07. The molecule has 8 nitrogen and oxygen atoms in total. The molecule has 0 aliphatic rings. The number of rotatable bonds is 6. The summed E-state index contributed by atoms with van der Waals surface area (Å²) in [5.41, 5.74) is 1.98. The molecule has 4 rings (SSSR count). The van der Waals surface area contributed by atoms with Crippen LogP contribution in [0.1, 0.15) is 29.5 Å². The van der Waals surface area contributed by atoms with Crippen LogP contribution in [0.5, 0.6) is 17.5 Å². The highest BCUT2D eigenvalue weighted by Gasteiger charge is 2.16. The van der Waals surface area contributed by atoms with Crippen LogP contribution in [0.3, 0.4) is 0 Å². The first-order valence-electron chi connectivity index (χ1n) is 8.93. The number of carbonyl (C=O) groups excluding carboxylic acids is 2. The fourth-order valence-electron chi connectivity index (χ4n) is 2.62. The van der Waals surface area contributed by atoms with Crippen LogP contribution >= 0.6 is 0 Å². The first-order valence-corrected chi connectivity index (χ1v) is 8.93. The molecule has 0 aliphatic carbocycles. The molecule has 4 aromatic rings. The van der Waals surface area contributed by atoms with E-state index in [2.05, 4.69) is 19.9 Å². The molecule has 0 bridgehead atoms. The number of H-pyrrole nitrogens is 1. The van der Waals surface area contributed by atoms with Crippen molar-refractivity contribution in [2.24, 2.45) is 0 Å². The van der Waals surface area contributed by atoms with E-state index in [1.165, 1.54) is 12.4 Å². The molecule has 0 radical (unpaired) electrons. The minimum Gasteiger partial charge on any atom is -0.435 e. The van der Waals surface area contributed by atoms with E-state index in [0.717, 1.165) is 11.0 Å². The molecule has 0 fully saturated rings. The van der Waals surface area contributed by atoms with Crippen LogP contribution in [0.2, 0.25) is 0 Å². The maximum absolute atomic E-state index is 12.7. The number of aromatic nitrogens is 4. The summed E-state index contributed by atoms with van der Waals surface area (Å²) >= 11 is 0. The highest BCUT2D eigenvalue weighted by atomic mass is 16.6. The van der Waals surface area contributed by atoms with E-state index >= 15 is 0 Å². The second-order valence-corrected chi connectivity index (χ2v) is 6.05. The molecule has 0 atom stereocenters. The van der Waals surface area contributed by atoms with Crippen LogP contribution < -0.4 is 9.47 Å². The van der Waals surface area contributed by atoms with Gasteiger partial charge in [-0.15, -0.1) is 0 Å². The average Bonchev–Trinajstić information content (AvgIpc) is 3.19. The van der Waals surface area contributed by atoms with Crippen LogP contribution in [0.4, 0.5) is 0 Å². The van der Waals surface area contributed by atoms with Gasteiger partial charge in [-0.2, -0.15) is 0 Å². The largest absolute Gasteiger partial charge is 0.435 e. The Balaban J connectivity index is 1.52. The molecule has 0 spiro atoms. The molecule has 2 aromatic carbocycles. The summed E-state index contributed by atoms with van der Waals surface area (Å²) < 4.78 is 10.8. The second-order valence-electron chi connectivity index (χ2n) is 6.05. The van der Waals surface area contributed by atoms with Gasteiger partial charge in [0.1, 0.15) is 5.75 Å². The predicted octanol–water partition coefficient (Wildman–Crippen LogP) is 3.69. The van der Waals surface area contributed by atoms with Crippen molar-refractivity contribution in [1.29, 1.82) is 0 Å². The normalized spacial score (nSPS) is 10.7. The van der Waals surface area contributed by atoms with Crippen LogP contribution in [0, 0.1) is 0 Å². The van der Waals surface area contributed by atoms with Gasteiger partial charge in [0, 0.05) is 24.4 Å². The van der Waals surface area contributed by atoms with Gasteiger partial charge in [-0.3, -0.25) is 9.59 Å². The number of ketones is 1. The zero-order valence-corrected chi connectivity index (χ0v) is 15.5. The summed E-state index contributed by atoms with van der Waals surface area (Å²) in [6, 6.07) is 13.9. The van der Waals surface area contributed by atoms with Crippen LogP contribution in [-0.2, 0) is 4.79 Å². The fraction of sp³-hybridized carbons (Fsp3) is 0.0952. The Morgan fingerprint density at radius 1 is 0.966 bits per heavy atom. The number of nitrogens with one attached hydrogen (secondary N) is 1. The first-order chi connectivity index (χ1) is 14.1. The topological polar surface area (TPSA) is 107 Å². The van der Waals surface area contributed by atoms with E-state index in [4.69, 9.17) is 9.47 Å². The SMILES string of the molecule is CCC(=O)Oc1nccnc1Oc1ccc(C(=O)c2nc3ccccc3[nH]2)cc1. The number of carbonyl (C=O) groups is 2. The fourth-order valence-corrected chi connectivity index (χ4v) is 2.62. The molecule has 0 saturated heterocycles. The van der Waals surface area contributed by atoms with E-state index in [1.54, 1.807) is 31.2 Å². The second kappa shape index (κ2) is 7.89. The molecule has 0 amide bonds. The Morgan fingerprint density at radius 2 is 1.69 bits per heavy atom. The quantitative estimate of drug-likeness (QED) is 0.396. The molecule has 144 valence electrons. The predicted molar refractivity (Wildman–Crippen MR) is 104 cm³/mol. The van der Waals surface area contributed by atoms with Gasteiger partial charge < -0.3 is 14.5 Å². The smallest absolute Gasteiger partial charge is 0.312 e. The van der Waals surface area contributed by atoms with Crippen molar-refractivity contribution in [2.75, 3.05) is 0 Å². The molecule has 2 aromatic heterocycles. The van der Waals surface area contributed by atoms with Gasteiger partial charge in [0.05, 0.1) is 11.0 Å². The number of esters is 1. The van der Waals surface area contributed by atoms with E-state index in [0.29, 0.717) is 11.3 Å². The van der Waals surface area contributed by atoms with Crippen molar-refractivity contribution in [2.45, 2.75) is 13.3 Å². The molecule has 0 saturated carbocycles. The summed E-state index contributed by atoms with van der Waals surface area (Å²) in [5.74, 6) is 0.0578. The maximum Gasteiger partial charge on any atom is 0.312 e. The van der Waals surface area contributed by atoms with Crippen LogP contribution in [0.25, 0.3) is 11.0 Å². The van der Waals surface area contributed by atoms with Crippen LogP contribution in [0.15, 0.2) is 60.9 Å². The highest BCUT2D eigenvalue weighted by Crippen LogP contribution is 2.27. The maximum atomic E-state index is 12.7. The number of para-hydroxylation sites is 2. The Labute approximate surface area is 165 Å². The minimum atomic E-state index is -0.442. The van der Waals surface area contributed by atoms with Crippen molar-refractivity contribution in [3.8, 4) is 17.5 Å².